The summed E-state index contributed by atoms with van der Waals surface area (Å²) < 4.78 is 16.1. The molecule has 31 heavy (non-hydrogen) atoms. The molecule has 3 heterocycles. The molecule has 2 aliphatic rings. The number of nitrogens with zero attached hydrogens (tertiary/aromatic N) is 5. The first kappa shape index (κ1) is 20.4. The van der Waals surface area contributed by atoms with Gasteiger partial charge < -0.3 is 9.80 Å². The number of thiazole rings is 1. The number of carbonyl (C=O) groups is 1. The summed E-state index contributed by atoms with van der Waals surface area (Å²) in [6.45, 7) is 5.08. The molecule has 8 heteroatoms. The summed E-state index contributed by atoms with van der Waals surface area (Å²) >= 11 is 1.64. The van der Waals surface area contributed by atoms with Gasteiger partial charge in [0.1, 0.15) is 5.82 Å². The number of amides is 1. The van der Waals surface area contributed by atoms with Crippen molar-refractivity contribution in [1.29, 1.82) is 0 Å². The van der Waals surface area contributed by atoms with E-state index in [0.717, 1.165) is 65.4 Å². The first-order valence-corrected chi connectivity index (χ1v) is 12.0. The molecule has 0 spiro atoms. The van der Waals surface area contributed by atoms with E-state index in [1.807, 2.05) is 11.8 Å². The lowest BCUT2D eigenvalue weighted by Gasteiger charge is -2.34. The van der Waals surface area contributed by atoms with Crippen LogP contribution in [0.2, 0.25) is 0 Å². The molecule has 0 radical (unpaired) electrons. The molecular formula is C23H28FN5OS. The first-order chi connectivity index (χ1) is 15.1. The van der Waals surface area contributed by atoms with Crippen LogP contribution in [0.4, 0.5) is 9.52 Å². The van der Waals surface area contributed by atoms with E-state index in [4.69, 9.17) is 4.98 Å². The Labute approximate surface area is 185 Å². The topological polar surface area (TPSA) is 54.3 Å². The number of hydrogen-bond acceptors (Lipinski definition) is 5. The molecule has 1 amide bonds. The van der Waals surface area contributed by atoms with Gasteiger partial charge in [0.05, 0.1) is 16.1 Å². The maximum Gasteiger partial charge on any atom is 0.222 e. The summed E-state index contributed by atoms with van der Waals surface area (Å²) in [6, 6.07) is 6.31. The Morgan fingerprint density at radius 2 is 1.84 bits per heavy atom. The van der Waals surface area contributed by atoms with E-state index in [-0.39, 0.29) is 5.82 Å². The summed E-state index contributed by atoms with van der Waals surface area (Å²) in [4.78, 5) is 21.8. The molecule has 1 aromatic carbocycles. The number of hydrogen-bond donors (Lipinski definition) is 0. The Balaban J connectivity index is 1.25. The molecular weight excluding hydrogens is 413 g/mol. The minimum absolute atomic E-state index is 0.265. The van der Waals surface area contributed by atoms with Gasteiger partial charge in [0, 0.05) is 32.6 Å². The molecule has 2 fully saturated rings. The van der Waals surface area contributed by atoms with Gasteiger partial charge in [-0.3, -0.25) is 4.79 Å². The summed E-state index contributed by atoms with van der Waals surface area (Å²) in [6.07, 6.45) is 7.01. The number of aromatic nitrogens is 3. The average Bonchev–Trinajstić information content (AvgIpc) is 3.52. The van der Waals surface area contributed by atoms with Gasteiger partial charge in [-0.1, -0.05) is 37.0 Å². The minimum atomic E-state index is -0.265. The molecule has 0 bridgehead atoms. The maximum absolute atomic E-state index is 13.3. The number of rotatable bonds is 5. The minimum Gasteiger partial charge on any atom is -0.344 e. The number of fused-ring (bicyclic) bond motifs is 1. The lowest BCUT2D eigenvalue weighted by Crippen LogP contribution is -2.48. The molecule has 0 N–H and O–H groups in total. The van der Waals surface area contributed by atoms with Crippen LogP contribution in [0.25, 0.3) is 16.0 Å². The highest BCUT2D eigenvalue weighted by Gasteiger charge is 2.25. The third kappa shape index (κ3) is 4.18. The van der Waals surface area contributed by atoms with E-state index < -0.39 is 0 Å². The fourth-order valence-corrected chi connectivity index (χ4v) is 5.79. The van der Waals surface area contributed by atoms with Crippen LogP contribution < -0.4 is 4.90 Å². The number of aryl methyl sites for hydroxylation is 1. The van der Waals surface area contributed by atoms with Crippen LogP contribution in [-0.4, -0.2) is 51.8 Å². The molecule has 6 nitrogen and oxygen atoms in total. The van der Waals surface area contributed by atoms with Gasteiger partial charge in [-0.25, -0.2) is 9.07 Å². The summed E-state index contributed by atoms with van der Waals surface area (Å²) in [7, 11) is 0. The second-order valence-electron chi connectivity index (χ2n) is 8.68. The van der Waals surface area contributed by atoms with E-state index in [9.17, 15) is 9.18 Å². The van der Waals surface area contributed by atoms with Crippen molar-refractivity contribution in [2.45, 2.75) is 45.4 Å². The summed E-state index contributed by atoms with van der Waals surface area (Å²) in [5, 5.41) is 5.56. The third-order valence-corrected chi connectivity index (χ3v) is 7.81. The smallest absolute Gasteiger partial charge is 0.222 e. The molecule has 0 atom stereocenters. The molecule has 1 saturated carbocycles. The quantitative estimate of drug-likeness (QED) is 0.583. The Hall–Kier alpha value is -2.48. The second kappa shape index (κ2) is 8.57. The highest BCUT2D eigenvalue weighted by atomic mass is 32.1. The Kier molecular flexibility index (Phi) is 5.65. The Morgan fingerprint density at radius 1 is 1.13 bits per heavy atom. The van der Waals surface area contributed by atoms with Gasteiger partial charge in [0.2, 0.25) is 5.91 Å². The largest absolute Gasteiger partial charge is 0.344 e. The van der Waals surface area contributed by atoms with Crippen LogP contribution in [-0.2, 0) is 4.79 Å². The zero-order valence-electron chi connectivity index (χ0n) is 17.9. The first-order valence-electron chi connectivity index (χ1n) is 11.2. The lowest BCUT2D eigenvalue weighted by atomic mass is 10.0. The molecule has 164 valence electrons. The number of anilines is 1. The summed E-state index contributed by atoms with van der Waals surface area (Å²) in [5.74, 6) is 0.800. The second-order valence-corrected chi connectivity index (χ2v) is 9.66. The number of benzene rings is 1. The van der Waals surface area contributed by atoms with Gasteiger partial charge in [-0.15, -0.1) is 0 Å². The molecule has 0 unspecified atom stereocenters. The standard InChI is InChI=1S/C23H28FN5OS/c1-16-21-22(29(26-16)19-9-7-18(24)8-10-19)25-23(31-21)28-14-12-27(13-15-28)20(30)11-6-17-4-2-3-5-17/h7-10,17H,2-6,11-15H2,1H3. The number of halogens is 1. The fraction of sp³-hybridized carbons (Fsp3) is 0.522. The highest BCUT2D eigenvalue weighted by molar-refractivity contribution is 7.22. The van der Waals surface area contributed by atoms with E-state index in [1.165, 1.54) is 37.8 Å². The molecule has 2 aromatic heterocycles. The SMILES string of the molecule is Cc1nn(-c2ccc(F)cc2)c2nc(N3CCN(C(=O)CCC4CCCC4)CC3)sc12. The molecule has 1 saturated heterocycles. The van der Waals surface area contributed by atoms with E-state index in [1.54, 1.807) is 28.2 Å². The zero-order valence-corrected chi connectivity index (χ0v) is 18.7. The van der Waals surface area contributed by atoms with Crippen molar-refractivity contribution in [2.75, 3.05) is 31.1 Å². The predicted octanol–water partition coefficient (Wildman–Crippen LogP) is 4.55. The van der Waals surface area contributed by atoms with E-state index in [0.29, 0.717) is 12.3 Å². The van der Waals surface area contributed by atoms with Crippen molar-refractivity contribution in [3.63, 3.8) is 0 Å². The van der Waals surface area contributed by atoms with Crippen LogP contribution in [0.5, 0.6) is 0 Å². The third-order valence-electron chi connectivity index (χ3n) is 6.59. The number of piperazine rings is 1. The van der Waals surface area contributed by atoms with E-state index in [2.05, 4.69) is 10.00 Å². The Bertz CT molecular complexity index is 1060. The van der Waals surface area contributed by atoms with Crippen LogP contribution in [0, 0.1) is 18.7 Å². The Morgan fingerprint density at radius 3 is 2.55 bits per heavy atom. The van der Waals surface area contributed by atoms with Crippen LogP contribution >= 0.6 is 11.3 Å². The van der Waals surface area contributed by atoms with Crippen LogP contribution in [0.1, 0.15) is 44.2 Å². The number of carbonyl (C=O) groups excluding carboxylic acids is 1. The van der Waals surface area contributed by atoms with Crippen molar-refractivity contribution < 1.29 is 9.18 Å². The van der Waals surface area contributed by atoms with Crippen molar-refractivity contribution in [3.8, 4) is 5.69 Å². The predicted molar refractivity (Wildman–Crippen MR) is 121 cm³/mol. The normalized spacial score (nSPS) is 17.7. The highest BCUT2D eigenvalue weighted by Crippen LogP contribution is 2.33. The average molecular weight is 442 g/mol. The van der Waals surface area contributed by atoms with Crippen molar-refractivity contribution in [2.24, 2.45) is 5.92 Å². The van der Waals surface area contributed by atoms with Gasteiger partial charge in [-0.2, -0.15) is 10.1 Å². The maximum atomic E-state index is 13.3. The monoisotopic (exact) mass is 441 g/mol. The van der Waals surface area contributed by atoms with Crippen molar-refractivity contribution in [1.82, 2.24) is 19.7 Å². The molecule has 1 aliphatic heterocycles. The lowest BCUT2D eigenvalue weighted by molar-refractivity contribution is -0.131. The fourth-order valence-electron chi connectivity index (χ4n) is 4.75. The molecule has 5 rings (SSSR count). The van der Waals surface area contributed by atoms with Gasteiger partial charge in [0.15, 0.2) is 10.8 Å². The van der Waals surface area contributed by atoms with Crippen LogP contribution in [0.3, 0.4) is 0 Å². The summed E-state index contributed by atoms with van der Waals surface area (Å²) in [5.41, 5.74) is 2.53. The molecule has 1 aliphatic carbocycles. The van der Waals surface area contributed by atoms with Gasteiger partial charge >= 0.3 is 0 Å². The van der Waals surface area contributed by atoms with Gasteiger partial charge in [0.25, 0.3) is 0 Å². The van der Waals surface area contributed by atoms with Crippen molar-refractivity contribution in [3.05, 3.63) is 35.8 Å². The van der Waals surface area contributed by atoms with Gasteiger partial charge in [-0.05, 0) is 43.5 Å². The van der Waals surface area contributed by atoms with Crippen LogP contribution in [0.15, 0.2) is 24.3 Å². The van der Waals surface area contributed by atoms with E-state index >= 15 is 0 Å². The molecule has 3 aromatic rings. The van der Waals surface area contributed by atoms with Crippen molar-refractivity contribution >= 4 is 32.7 Å². The zero-order chi connectivity index (χ0) is 21.4.